The average molecular weight is 361 g/mol. The molecule has 0 atom stereocenters. The molecule has 2 heterocycles. The number of thiophene rings is 1. The molecule has 4 heteroatoms. The van der Waals surface area contributed by atoms with Crippen molar-refractivity contribution in [2.75, 3.05) is 6.61 Å². The third-order valence-corrected chi connectivity index (χ3v) is 5.32. The molecule has 1 aliphatic rings. The van der Waals surface area contributed by atoms with E-state index >= 15 is 0 Å². The van der Waals surface area contributed by atoms with E-state index < -0.39 is 0 Å². The van der Waals surface area contributed by atoms with Crippen LogP contribution in [0.1, 0.15) is 16.0 Å². The molecule has 0 N–H and O–H groups in total. The van der Waals surface area contributed by atoms with Gasteiger partial charge in [-0.05, 0) is 22.6 Å². The Morgan fingerprint density at radius 1 is 0.846 bits per heavy atom. The molecule has 2 aromatic carbocycles. The van der Waals surface area contributed by atoms with E-state index in [-0.39, 0.29) is 5.97 Å². The average Bonchev–Trinajstić information content (AvgIpc) is 3.32. The first-order valence-corrected chi connectivity index (χ1v) is 9.46. The fourth-order valence-corrected chi connectivity index (χ4v) is 3.94. The molecule has 0 spiro atoms. The fraction of sp³-hybridized carbons (Fsp3) is 0.136. The van der Waals surface area contributed by atoms with Crippen LogP contribution >= 0.6 is 11.3 Å². The molecule has 0 saturated carbocycles. The third-order valence-electron chi connectivity index (χ3n) is 4.39. The Morgan fingerprint density at radius 3 is 2.00 bits per heavy atom. The maximum atomic E-state index is 12.6. The summed E-state index contributed by atoms with van der Waals surface area (Å²) in [5.74, 6) is -0.236. The summed E-state index contributed by atoms with van der Waals surface area (Å²) >= 11 is 1.64. The van der Waals surface area contributed by atoms with Crippen molar-refractivity contribution in [2.45, 2.75) is 13.1 Å². The predicted octanol–water partition coefficient (Wildman–Crippen LogP) is 4.72. The standard InChI is InChI=1S/C22H19NO2S/c24-22-21(19(16-25-22)20-12-7-13-26-20)23(14-17-8-3-1-4-9-17)15-18-10-5-2-6-11-18/h1-13H,14-16H2. The van der Waals surface area contributed by atoms with Crippen LogP contribution in [0.4, 0.5) is 0 Å². The molecule has 0 radical (unpaired) electrons. The number of hydrogen-bond donors (Lipinski definition) is 0. The summed E-state index contributed by atoms with van der Waals surface area (Å²) in [5.41, 5.74) is 4.00. The van der Waals surface area contributed by atoms with Crippen molar-refractivity contribution >= 4 is 22.9 Å². The molecule has 1 aromatic heterocycles. The van der Waals surface area contributed by atoms with Crippen LogP contribution in [0.2, 0.25) is 0 Å². The minimum Gasteiger partial charge on any atom is -0.456 e. The van der Waals surface area contributed by atoms with Crippen molar-refractivity contribution in [1.82, 2.24) is 4.90 Å². The number of carbonyl (C=O) groups is 1. The minimum atomic E-state index is -0.236. The highest BCUT2D eigenvalue weighted by molar-refractivity contribution is 7.11. The van der Waals surface area contributed by atoms with E-state index in [1.54, 1.807) is 11.3 Å². The van der Waals surface area contributed by atoms with Crippen molar-refractivity contribution in [3.63, 3.8) is 0 Å². The molecule has 0 saturated heterocycles. The van der Waals surface area contributed by atoms with Gasteiger partial charge in [0.1, 0.15) is 12.3 Å². The summed E-state index contributed by atoms with van der Waals surface area (Å²) in [6.45, 7) is 1.67. The highest BCUT2D eigenvalue weighted by Gasteiger charge is 2.31. The van der Waals surface area contributed by atoms with Gasteiger partial charge in [-0.3, -0.25) is 0 Å². The summed E-state index contributed by atoms with van der Waals surface area (Å²) in [4.78, 5) is 15.8. The molecule has 0 amide bonds. The lowest BCUT2D eigenvalue weighted by Gasteiger charge is -2.25. The van der Waals surface area contributed by atoms with E-state index in [1.165, 1.54) is 11.1 Å². The molecule has 0 unspecified atom stereocenters. The molecule has 3 nitrogen and oxygen atoms in total. The second-order valence-electron chi connectivity index (χ2n) is 6.21. The van der Waals surface area contributed by atoms with Crippen molar-refractivity contribution in [2.24, 2.45) is 0 Å². The van der Waals surface area contributed by atoms with E-state index in [2.05, 4.69) is 29.2 Å². The van der Waals surface area contributed by atoms with Gasteiger partial charge in [0.25, 0.3) is 0 Å². The lowest BCUT2D eigenvalue weighted by molar-refractivity contribution is -0.137. The lowest BCUT2D eigenvalue weighted by Crippen LogP contribution is -2.26. The smallest absolute Gasteiger partial charge is 0.355 e. The molecule has 4 rings (SSSR count). The first kappa shape index (κ1) is 16.6. The molecule has 130 valence electrons. The number of carbonyl (C=O) groups excluding carboxylic acids is 1. The summed E-state index contributed by atoms with van der Waals surface area (Å²) in [5, 5.41) is 2.03. The van der Waals surface area contributed by atoms with Crippen molar-refractivity contribution < 1.29 is 9.53 Å². The van der Waals surface area contributed by atoms with Crippen LogP contribution in [0, 0.1) is 0 Å². The van der Waals surface area contributed by atoms with Crippen molar-refractivity contribution in [1.29, 1.82) is 0 Å². The zero-order valence-electron chi connectivity index (χ0n) is 14.3. The minimum absolute atomic E-state index is 0.236. The second-order valence-corrected chi connectivity index (χ2v) is 7.16. The summed E-state index contributed by atoms with van der Waals surface area (Å²) in [6, 6.07) is 24.5. The molecular weight excluding hydrogens is 342 g/mol. The van der Waals surface area contributed by atoms with E-state index in [1.807, 2.05) is 53.9 Å². The highest BCUT2D eigenvalue weighted by atomic mass is 32.1. The van der Waals surface area contributed by atoms with Crippen molar-refractivity contribution in [3.05, 3.63) is 99.9 Å². The molecule has 1 aliphatic heterocycles. The van der Waals surface area contributed by atoms with Gasteiger partial charge in [0.2, 0.25) is 0 Å². The first-order chi connectivity index (χ1) is 12.8. The SMILES string of the molecule is O=C1OCC(c2cccs2)=C1N(Cc1ccccc1)Cc1ccccc1. The summed E-state index contributed by atoms with van der Waals surface area (Å²) in [7, 11) is 0. The van der Waals surface area contributed by atoms with Crippen LogP contribution < -0.4 is 0 Å². The Hall–Kier alpha value is -2.85. The van der Waals surface area contributed by atoms with Crippen LogP contribution in [0.25, 0.3) is 5.57 Å². The van der Waals surface area contributed by atoms with Gasteiger partial charge in [-0.1, -0.05) is 66.7 Å². The van der Waals surface area contributed by atoms with Gasteiger partial charge in [-0.2, -0.15) is 0 Å². The topological polar surface area (TPSA) is 29.5 Å². The largest absolute Gasteiger partial charge is 0.456 e. The molecule has 26 heavy (non-hydrogen) atoms. The molecular formula is C22H19NO2S. The number of benzene rings is 2. The zero-order chi connectivity index (χ0) is 17.8. The zero-order valence-corrected chi connectivity index (χ0v) is 15.1. The van der Waals surface area contributed by atoms with Crippen molar-refractivity contribution in [3.8, 4) is 0 Å². The number of esters is 1. The maximum absolute atomic E-state index is 12.6. The van der Waals surface area contributed by atoms with Gasteiger partial charge < -0.3 is 9.64 Å². The summed E-state index contributed by atoms with van der Waals surface area (Å²) < 4.78 is 5.41. The third kappa shape index (κ3) is 3.55. The number of rotatable bonds is 6. The van der Waals surface area contributed by atoms with E-state index in [0.717, 1.165) is 10.5 Å². The quantitative estimate of drug-likeness (QED) is 0.595. The van der Waals surface area contributed by atoms with Gasteiger partial charge in [-0.15, -0.1) is 11.3 Å². The molecule has 0 bridgehead atoms. The number of ether oxygens (including phenoxy) is 1. The van der Waals surface area contributed by atoms with Crippen LogP contribution in [0.5, 0.6) is 0 Å². The van der Waals surface area contributed by atoms with E-state index in [0.29, 0.717) is 25.4 Å². The Labute approximate surface area is 157 Å². The normalized spacial score (nSPS) is 13.8. The molecule has 0 aliphatic carbocycles. The van der Waals surface area contributed by atoms with Crippen LogP contribution in [0.15, 0.2) is 83.9 Å². The maximum Gasteiger partial charge on any atom is 0.355 e. The Balaban J connectivity index is 1.73. The Morgan fingerprint density at radius 2 is 1.46 bits per heavy atom. The molecule has 0 fully saturated rings. The lowest BCUT2D eigenvalue weighted by atomic mass is 10.1. The summed E-state index contributed by atoms with van der Waals surface area (Å²) in [6.07, 6.45) is 0. The predicted molar refractivity (Wildman–Crippen MR) is 104 cm³/mol. The first-order valence-electron chi connectivity index (χ1n) is 8.58. The van der Waals surface area contributed by atoms with Gasteiger partial charge >= 0.3 is 5.97 Å². The van der Waals surface area contributed by atoms with Crippen LogP contribution in [-0.2, 0) is 22.6 Å². The van der Waals surface area contributed by atoms with E-state index in [4.69, 9.17) is 4.74 Å². The number of hydrogen-bond acceptors (Lipinski definition) is 4. The van der Waals surface area contributed by atoms with Crippen LogP contribution in [-0.4, -0.2) is 17.5 Å². The fourth-order valence-electron chi connectivity index (χ4n) is 3.18. The van der Waals surface area contributed by atoms with Gasteiger partial charge in [0.15, 0.2) is 0 Å². The van der Waals surface area contributed by atoms with Gasteiger partial charge in [0, 0.05) is 23.5 Å². The number of nitrogens with zero attached hydrogens (tertiary/aromatic N) is 1. The Kier molecular flexibility index (Phi) is 4.84. The van der Waals surface area contributed by atoms with E-state index in [9.17, 15) is 4.79 Å². The van der Waals surface area contributed by atoms with Crippen LogP contribution in [0.3, 0.4) is 0 Å². The highest BCUT2D eigenvalue weighted by Crippen LogP contribution is 2.32. The number of cyclic esters (lactones) is 1. The van der Waals surface area contributed by atoms with Gasteiger partial charge in [0.05, 0.1) is 0 Å². The van der Waals surface area contributed by atoms with Gasteiger partial charge in [-0.25, -0.2) is 4.79 Å². The Bertz CT molecular complexity index is 860. The molecule has 3 aromatic rings. The second kappa shape index (κ2) is 7.58. The monoisotopic (exact) mass is 361 g/mol.